The van der Waals surface area contributed by atoms with E-state index in [1.807, 2.05) is 36.6 Å². The van der Waals surface area contributed by atoms with Gasteiger partial charge in [0.2, 0.25) is 0 Å². The van der Waals surface area contributed by atoms with Crippen LogP contribution >= 0.6 is 27.3 Å². The molecule has 1 aromatic carbocycles. The monoisotopic (exact) mass is 403 g/mol. The van der Waals surface area contributed by atoms with Crippen LogP contribution in [0.4, 0.5) is 5.13 Å². The van der Waals surface area contributed by atoms with Gasteiger partial charge < -0.3 is 4.74 Å². The maximum Gasteiger partial charge on any atom is 0.259 e. The van der Waals surface area contributed by atoms with E-state index in [0.29, 0.717) is 17.3 Å². The summed E-state index contributed by atoms with van der Waals surface area (Å²) in [6.45, 7) is 2.52. The fourth-order valence-electron chi connectivity index (χ4n) is 2.12. The average Bonchev–Trinajstić information content (AvgIpc) is 3.04. The Kier molecular flexibility index (Phi) is 5.22. The summed E-state index contributed by atoms with van der Waals surface area (Å²) >= 11 is 4.67. The number of thiazole rings is 1. The van der Waals surface area contributed by atoms with Gasteiger partial charge in [0.15, 0.2) is 5.13 Å². The highest BCUT2D eigenvalue weighted by Crippen LogP contribution is 2.32. The first-order valence-electron chi connectivity index (χ1n) is 7.27. The van der Waals surface area contributed by atoms with Crippen LogP contribution in [0.1, 0.15) is 17.3 Å². The summed E-state index contributed by atoms with van der Waals surface area (Å²) < 4.78 is 6.38. The third-order valence-electron chi connectivity index (χ3n) is 3.15. The van der Waals surface area contributed by atoms with Gasteiger partial charge in [-0.3, -0.25) is 15.1 Å². The molecule has 24 heavy (non-hydrogen) atoms. The van der Waals surface area contributed by atoms with Crippen LogP contribution in [0.25, 0.3) is 11.3 Å². The molecule has 0 aliphatic heterocycles. The van der Waals surface area contributed by atoms with E-state index < -0.39 is 0 Å². The van der Waals surface area contributed by atoms with E-state index in [2.05, 4.69) is 31.2 Å². The van der Waals surface area contributed by atoms with Crippen LogP contribution in [0, 0.1) is 0 Å². The molecule has 0 aliphatic carbocycles. The molecule has 1 amide bonds. The Hall–Kier alpha value is -2.25. The lowest BCUT2D eigenvalue weighted by Gasteiger charge is -2.07. The molecule has 0 fully saturated rings. The Balaban J connectivity index is 1.80. The van der Waals surface area contributed by atoms with Crippen LogP contribution in [0.3, 0.4) is 0 Å². The quantitative estimate of drug-likeness (QED) is 0.674. The van der Waals surface area contributed by atoms with Crippen LogP contribution < -0.4 is 10.1 Å². The number of hydrogen-bond donors (Lipinski definition) is 1. The van der Waals surface area contributed by atoms with Crippen molar-refractivity contribution < 1.29 is 9.53 Å². The molecular formula is C17H14BrN3O2S. The van der Waals surface area contributed by atoms with Crippen molar-refractivity contribution in [2.24, 2.45) is 0 Å². The number of ether oxygens (including phenoxy) is 1. The third-order valence-corrected chi connectivity index (χ3v) is 4.35. The maximum absolute atomic E-state index is 12.3. The van der Waals surface area contributed by atoms with Crippen molar-refractivity contribution in [1.82, 2.24) is 9.97 Å². The number of nitrogens with zero attached hydrogens (tertiary/aromatic N) is 2. The Labute approximate surface area is 151 Å². The molecule has 3 aromatic rings. The van der Waals surface area contributed by atoms with E-state index in [1.165, 1.54) is 17.5 Å². The molecule has 0 saturated heterocycles. The molecule has 0 spiro atoms. The number of carbonyl (C=O) groups excluding carboxylic acids is 1. The van der Waals surface area contributed by atoms with Crippen molar-refractivity contribution in [2.45, 2.75) is 6.92 Å². The summed E-state index contributed by atoms with van der Waals surface area (Å²) in [5, 5.41) is 5.22. The number of nitrogens with one attached hydrogen (secondary N) is 1. The fourth-order valence-corrected chi connectivity index (χ4v) is 3.19. The highest BCUT2D eigenvalue weighted by atomic mass is 79.9. The second kappa shape index (κ2) is 7.55. The molecule has 0 atom stereocenters. The van der Waals surface area contributed by atoms with E-state index in [0.717, 1.165) is 21.5 Å². The molecule has 122 valence electrons. The molecule has 0 aliphatic rings. The van der Waals surface area contributed by atoms with E-state index in [9.17, 15) is 4.79 Å². The highest BCUT2D eigenvalue weighted by Gasteiger charge is 2.13. The molecule has 0 saturated carbocycles. The first-order chi connectivity index (χ1) is 11.7. The van der Waals surface area contributed by atoms with Crippen molar-refractivity contribution in [2.75, 3.05) is 11.9 Å². The number of halogens is 1. The van der Waals surface area contributed by atoms with E-state index in [1.54, 1.807) is 12.3 Å². The minimum absolute atomic E-state index is 0.247. The Morgan fingerprint density at radius 3 is 2.96 bits per heavy atom. The van der Waals surface area contributed by atoms with Gasteiger partial charge in [0, 0.05) is 27.8 Å². The number of para-hydroxylation sites is 1. The Bertz CT molecular complexity index is 866. The van der Waals surface area contributed by atoms with Gasteiger partial charge in [-0.2, -0.15) is 0 Å². The zero-order valence-electron chi connectivity index (χ0n) is 12.8. The molecule has 0 bridgehead atoms. The molecule has 7 heteroatoms. The largest absolute Gasteiger partial charge is 0.493 e. The molecule has 3 rings (SSSR count). The fraction of sp³-hybridized carbons (Fsp3) is 0.118. The van der Waals surface area contributed by atoms with Crippen LogP contribution in [0.2, 0.25) is 0 Å². The normalized spacial score (nSPS) is 10.4. The second-order valence-electron chi connectivity index (χ2n) is 4.81. The molecule has 0 radical (unpaired) electrons. The number of rotatable bonds is 5. The summed E-state index contributed by atoms with van der Waals surface area (Å²) in [7, 11) is 0. The van der Waals surface area contributed by atoms with E-state index in [4.69, 9.17) is 4.74 Å². The number of aromatic nitrogens is 2. The zero-order valence-corrected chi connectivity index (χ0v) is 15.2. The number of benzene rings is 1. The molecule has 1 N–H and O–H groups in total. The summed E-state index contributed by atoms with van der Waals surface area (Å²) in [6, 6.07) is 9.42. The third kappa shape index (κ3) is 3.80. The van der Waals surface area contributed by atoms with Gasteiger partial charge in [0.05, 0.1) is 17.9 Å². The number of anilines is 1. The van der Waals surface area contributed by atoms with Gasteiger partial charge in [-0.25, -0.2) is 4.98 Å². The van der Waals surface area contributed by atoms with Crippen molar-refractivity contribution in [3.05, 3.63) is 58.1 Å². The number of carbonyl (C=O) groups is 1. The molecule has 2 aromatic heterocycles. The van der Waals surface area contributed by atoms with Crippen molar-refractivity contribution >= 4 is 38.3 Å². The number of hydrogen-bond acceptors (Lipinski definition) is 5. The summed E-state index contributed by atoms with van der Waals surface area (Å²) in [5.74, 6) is 0.530. The Morgan fingerprint density at radius 2 is 2.17 bits per heavy atom. The van der Waals surface area contributed by atoms with Crippen LogP contribution in [-0.4, -0.2) is 22.5 Å². The highest BCUT2D eigenvalue weighted by molar-refractivity contribution is 9.10. The minimum atomic E-state index is -0.247. The van der Waals surface area contributed by atoms with Gasteiger partial charge in [-0.05, 0) is 41.1 Å². The van der Waals surface area contributed by atoms with Crippen molar-refractivity contribution in [3.63, 3.8) is 0 Å². The summed E-state index contributed by atoms with van der Waals surface area (Å²) in [4.78, 5) is 20.7. The van der Waals surface area contributed by atoms with E-state index >= 15 is 0 Å². The first kappa shape index (κ1) is 16.6. The first-order valence-corrected chi connectivity index (χ1v) is 8.94. The smallest absolute Gasteiger partial charge is 0.259 e. The lowest BCUT2D eigenvalue weighted by molar-refractivity contribution is 0.102. The van der Waals surface area contributed by atoms with Crippen LogP contribution in [0.5, 0.6) is 5.75 Å². The Morgan fingerprint density at radius 1 is 1.33 bits per heavy atom. The summed E-state index contributed by atoms with van der Waals surface area (Å²) in [6.07, 6.45) is 3.14. The zero-order chi connectivity index (χ0) is 16.9. The van der Waals surface area contributed by atoms with Gasteiger partial charge in [-0.15, -0.1) is 11.3 Å². The summed E-state index contributed by atoms with van der Waals surface area (Å²) in [5.41, 5.74) is 2.14. The van der Waals surface area contributed by atoms with Crippen molar-refractivity contribution in [1.29, 1.82) is 0 Å². The predicted molar refractivity (Wildman–Crippen MR) is 98.6 cm³/mol. The van der Waals surface area contributed by atoms with Gasteiger partial charge >= 0.3 is 0 Å². The standard InChI is InChI=1S/C17H14BrN3O2S/c1-2-23-15-6-4-3-5-13(15)14-10-24-17(20-14)21-16(22)11-7-12(18)9-19-8-11/h3-10H,2H2,1H3,(H,20,21,22). The van der Waals surface area contributed by atoms with Gasteiger partial charge in [0.25, 0.3) is 5.91 Å². The van der Waals surface area contributed by atoms with Gasteiger partial charge in [0.1, 0.15) is 5.75 Å². The molecular weight excluding hydrogens is 390 g/mol. The lowest BCUT2D eigenvalue weighted by atomic mass is 10.1. The predicted octanol–water partition coefficient (Wildman–Crippen LogP) is 4.62. The SMILES string of the molecule is CCOc1ccccc1-c1csc(NC(=O)c2cncc(Br)c2)n1. The number of amides is 1. The van der Waals surface area contributed by atoms with Crippen molar-refractivity contribution in [3.8, 4) is 17.0 Å². The maximum atomic E-state index is 12.3. The lowest BCUT2D eigenvalue weighted by Crippen LogP contribution is -2.11. The second-order valence-corrected chi connectivity index (χ2v) is 6.59. The van der Waals surface area contributed by atoms with Crippen LogP contribution in [0.15, 0.2) is 52.6 Å². The number of pyridine rings is 1. The molecule has 5 nitrogen and oxygen atoms in total. The van der Waals surface area contributed by atoms with Crippen LogP contribution in [-0.2, 0) is 0 Å². The molecule has 2 heterocycles. The van der Waals surface area contributed by atoms with Gasteiger partial charge in [-0.1, -0.05) is 12.1 Å². The average molecular weight is 404 g/mol. The molecule has 0 unspecified atom stereocenters. The topological polar surface area (TPSA) is 64.1 Å². The minimum Gasteiger partial charge on any atom is -0.493 e. The van der Waals surface area contributed by atoms with E-state index in [-0.39, 0.29) is 5.91 Å².